The predicted octanol–water partition coefficient (Wildman–Crippen LogP) is 6.11. The van der Waals surface area contributed by atoms with Gasteiger partial charge in [0, 0.05) is 10.1 Å². The Kier molecular flexibility index (Phi) is 5.52. The minimum atomic E-state index is 0.0242. The number of benzene rings is 2. The standard InChI is InChI=1S/C22H26O3S/c1-6-14(5)25-17-9-10-18(24-7-2)22-20(17)21(23)16-12-15(13(3)4)8-11-19(16)26-22/h8-14H,6-7H2,1-5H3. The van der Waals surface area contributed by atoms with Gasteiger partial charge in [0.25, 0.3) is 0 Å². The molecule has 1 atom stereocenters. The summed E-state index contributed by atoms with van der Waals surface area (Å²) in [4.78, 5) is 13.4. The van der Waals surface area contributed by atoms with Crippen LogP contribution in [0.15, 0.2) is 35.1 Å². The summed E-state index contributed by atoms with van der Waals surface area (Å²) in [7, 11) is 0. The molecular weight excluding hydrogens is 344 g/mol. The van der Waals surface area contributed by atoms with Crippen LogP contribution in [0.4, 0.5) is 0 Å². The Morgan fingerprint density at radius 3 is 2.42 bits per heavy atom. The van der Waals surface area contributed by atoms with E-state index in [4.69, 9.17) is 9.47 Å². The minimum absolute atomic E-state index is 0.0242. The molecule has 138 valence electrons. The minimum Gasteiger partial charge on any atom is -0.492 e. The second kappa shape index (κ2) is 7.67. The van der Waals surface area contributed by atoms with E-state index in [-0.39, 0.29) is 11.5 Å². The number of hydrogen-bond donors (Lipinski definition) is 0. The van der Waals surface area contributed by atoms with Crippen LogP contribution in [0, 0.1) is 0 Å². The summed E-state index contributed by atoms with van der Waals surface area (Å²) in [6.45, 7) is 10.9. The third kappa shape index (κ3) is 3.43. The van der Waals surface area contributed by atoms with Gasteiger partial charge >= 0.3 is 0 Å². The molecule has 0 fully saturated rings. The lowest BCUT2D eigenvalue weighted by Crippen LogP contribution is -2.13. The lowest BCUT2D eigenvalue weighted by Gasteiger charge is -2.16. The highest BCUT2D eigenvalue weighted by atomic mass is 32.1. The van der Waals surface area contributed by atoms with Gasteiger partial charge in [-0.3, -0.25) is 4.79 Å². The molecule has 0 bridgehead atoms. The molecule has 0 saturated carbocycles. The molecule has 0 aliphatic heterocycles. The Morgan fingerprint density at radius 2 is 1.77 bits per heavy atom. The van der Waals surface area contributed by atoms with Crippen LogP contribution in [0.1, 0.15) is 52.5 Å². The largest absolute Gasteiger partial charge is 0.492 e. The van der Waals surface area contributed by atoms with E-state index in [1.165, 1.54) is 5.56 Å². The van der Waals surface area contributed by atoms with Crippen LogP contribution < -0.4 is 14.9 Å². The Bertz CT molecular complexity index is 988. The van der Waals surface area contributed by atoms with Crippen molar-refractivity contribution in [1.82, 2.24) is 0 Å². The summed E-state index contributed by atoms with van der Waals surface area (Å²) in [6, 6.07) is 9.96. The van der Waals surface area contributed by atoms with Crippen molar-refractivity contribution >= 4 is 31.5 Å². The molecule has 4 heteroatoms. The quantitative estimate of drug-likeness (QED) is 0.491. The molecule has 0 N–H and O–H groups in total. The van der Waals surface area contributed by atoms with Gasteiger partial charge in [0.05, 0.1) is 22.8 Å². The van der Waals surface area contributed by atoms with Crippen LogP contribution in [-0.2, 0) is 0 Å². The maximum Gasteiger partial charge on any atom is 0.199 e. The maximum atomic E-state index is 13.4. The van der Waals surface area contributed by atoms with Crippen molar-refractivity contribution in [3.05, 3.63) is 46.1 Å². The molecular formula is C22H26O3S. The second-order valence-corrected chi connectivity index (χ2v) is 7.93. The van der Waals surface area contributed by atoms with Crippen molar-refractivity contribution in [2.45, 2.75) is 53.1 Å². The highest BCUT2D eigenvalue weighted by molar-refractivity contribution is 7.25. The fourth-order valence-electron chi connectivity index (χ4n) is 2.95. The van der Waals surface area contributed by atoms with Gasteiger partial charge < -0.3 is 9.47 Å². The second-order valence-electron chi connectivity index (χ2n) is 6.88. The topological polar surface area (TPSA) is 35.5 Å². The van der Waals surface area contributed by atoms with Crippen molar-refractivity contribution in [3.63, 3.8) is 0 Å². The van der Waals surface area contributed by atoms with E-state index < -0.39 is 0 Å². The zero-order chi connectivity index (χ0) is 18.8. The smallest absolute Gasteiger partial charge is 0.199 e. The molecule has 3 aromatic rings. The third-order valence-electron chi connectivity index (χ3n) is 4.64. The van der Waals surface area contributed by atoms with Gasteiger partial charge in [-0.15, -0.1) is 11.3 Å². The van der Waals surface area contributed by atoms with Crippen molar-refractivity contribution in [2.75, 3.05) is 6.61 Å². The molecule has 0 amide bonds. The van der Waals surface area contributed by atoms with Crippen molar-refractivity contribution in [3.8, 4) is 11.5 Å². The summed E-state index contributed by atoms with van der Waals surface area (Å²) < 4.78 is 13.7. The van der Waals surface area contributed by atoms with Crippen molar-refractivity contribution < 1.29 is 9.47 Å². The monoisotopic (exact) mass is 370 g/mol. The molecule has 2 aromatic carbocycles. The lowest BCUT2D eigenvalue weighted by molar-refractivity contribution is 0.220. The van der Waals surface area contributed by atoms with Crippen LogP contribution in [0.3, 0.4) is 0 Å². The van der Waals surface area contributed by atoms with Gasteiger partial charge in [-0.2, -0.15) is 0 Å². The van der Waals surface area contributed by atoms with Crippen molar-refractivity contribution in [1.29, 1.82) is 0 Å². The fraction of sp³-hybridized carbons (Fsp3) is 0.409. The average molecular weight is 371 g/mol. The molecule has 0 aliphatic rings. The molecule has 0 spiro atoms. The molecule has 1 unspecified atom stereocenters. The van der Waals surface area contributed by atoms with E-state index in [0.717, 1.165) is 27.0 Å². The van der Waals surface area contributed by atoms with E-state index in [0.29, 0.717) is 23.7 Å². The average Bonchev–Trinajstić information content (AvgIpc) is 2.63. The summed E-state index contributed by atoms with van der Waals surface area (Å²) in [5.41, 5.74) is 1.20. The summed E-state index contributed by atoms with van der Waals surface area (Å²) in [6.07, 6.45) is 0.940. The number of fused-ring (bicyclic) bond motifs is 2. The van der Waals surface area contributed by atoms with Crippen LogP contribution in [0.25, 0.3) is 20.2 Å². The molecule has 3 rings (SSSR count). The van der Waals surface area contributed by atoms with Crippen LogP contribution >= 0.6 is 11.3 Å². The number of hydrogen-bond acceptors (Lipinski definition) is 4. The first-order valence-electron chi connectivity index (χ1n) is 9.29. The molecule has 0 aliphatic carbocycles. The number of rotatable bonds is 6. The first kappa shape index (κ1) is 18.7. The normalized spacial score (nSPS) is 12.7. The Labute approximate surface area is 158 Å². The molecule has 1 heterocycles. The maximum absolute atomic E-state index is 13.4. The summed E-state index contributed by atoms with van der Waals surface area (Å²) in [5, 5.41) is 1.39. The predicted molar refractivity (Wildman–Crippen MR) is 111 cm³/mol. The highest BCUT2D eigenvalue weighted by Crippen LogP contribution is 2.38. The third-order valence-corrected chi connectivity index (χ3v) is 5.83. The SMILES string of the molecule is CCOc1ccc(OC(C)CC)c2c(=O)c3cc(C(C)C)ccc3sc12. The Balaban J connectivity index is 2.35. The van der Waals surface area contributed by atoms with Crippen LogP contribution in [0.5, 0.6) is 11.5 Å². The first-order chi connectivity index (χ1) is 12.5. The highest BCUT2D eigenvalue weighted by Gasteiger charge is 2.17. The van der Waals surface area contributed by atoms with Gasteiger partial charge in [-0.25, -0.2) is 0 Å². The van der Waals surface area contributed by atoms with Gasteiger partial charge in [0.2, 0.25) is 0 Å². The summed E-state index contributed by atoms with van der Waals surface area (Å²) in [5.74, 6) is 1.77. The Morgan fingerprint density at radius 1 is 1.04 bits per heavy atom. The van der Waals surface area contributed by atoms with Crippen molar-refractivity contribution in [2.24, 2.45) is 0 Å². The van der Waals surface area contributed by atoms with Crippen LogP contribution in [-0.4, -0.2) is 12.7 Å². The van der Waals surface area contributed by atoms with Gasteiger partial charge in [-0.05, 0) is 56.0 Å². The van der Waals surface area contributed by atoms with E-state index in [1.807, 2.05) is 38.1 Å². The first-order valence-corrected chi connectivity index (χ1v) is 10.1. The van der Waals surface area contributed by atoms with Gasteiger partial charge in [0.1, 0.15) is 11.5 Å². The lowest BCUT2D eigenvalue weighted by atomic mass is 10.0. The number of ether oxygens (including phenoxy) is 2. The zero-order valence-corrected chi connectivity index (χ0v) is 16.9. The van der Waals surface area contributed by atoms with Gasteiger partial charge in [0.15, 0.2) is 5.43 Å². The summed E-state index contributed by atoms with van der Waals surface area (Å²) >= 11 is 1.60. The van der Waals surface area contributed by atoms with E-state index >= 15 is 0 Å². The van der Waals surface area contributed by atoms with Gasteiger partial charge in [-0.1, -0.05) is 26.8 Å². The molecule has 0 radical (unpaired) electrons. The molecule has 0 saturated heterocycles. The molecule has 3 nitrogen and oxygen atoms in total. The van der Waals surface area contributed by atoms with E-state index in [1.54, 1.807) is 11.3 Å². The fourth-order valence-corrected chi connectivity index (χ4v) is 4.09. The molecule has 26 heavy (non-hydrogen) atoms. The van der Waals surface area contributed by atoms with E-state index in [2.05, 4.69) is 26.8 Å². The zero-order valence-electron chi connectivity index (χ0n) is 16.1. The molecule has 1 aromatic heterocycles. The van der Waals surface area contributed by atoms with Crippen LogP contribution in [0.2, 0.25) is 0 Å². The van der Waals surface area contributed by atoms with E-state index in [9.17, 15) is 4.79 Å². The Hall–Kier alpha value is -2.07.